The topological polar surface area (TPSA) is 35.2 Å². The van der Waals surface area contributed by atoms with E-state index in [1.54, 1.807) is 0 Å². The van der Waals surface area contributed by atoms with E-state index >= 15 is 0 Å². The highest BCUT2D eigenvalue weighted by atomic mass is 16.5. The summed E-state index contributed by atoms with van der Waals surface area (Å²) >= 11 is 0. The van der Waals surface area contributed by atoms with E-state index in [0.29, 0.717) is 0 Å². The molecule has 0 aromatic rings. The number of ether oxygens (including phenoxy) is 1. The monoisotopic (exact) mass is 239 g/mol. The zero-order chi connectivity index (χ0) is 12.9. The van der Waals surface area contributed by atoms with Gasteiger partial charge in [0.2, 0.25) is 0 Å². The van der Waals surface area contributed by atoms with Crippen molar-refractivity contribution in [2.24, 2.45) is 11.7 Å². The molecule has 0 radical (unpaired) electrons. The lowest BCUT2D eigenvalue weighted by atomic mass is 9.73. The summed E-state index contributed by atoms with van der Waals surface area (Å²) in [6.07, 6.45) is 6.84. The van der Waals surface area contributed by atoms with Crippen molar-refractivity contribution >= 4 is 0 Å². The first-order valence-corrected chi connectivity index (χ1v) is 7.04. The minimum atomic E-state index is -0.0676. The predicted molar refractivity (Wildman–Crippen MR) is 74.0 cm³/mol. The second kappa shape index (κ2) is 6.55. The lowest BCUT2D eigenvalue weighted by molar-refractivity contribution is -0.0939. The van der Waals surface area contributed by atoms with Crippen molar-refractivity contribution in [2.75, 3.05) is 6.61 Å². The molecular weight excluding hydrogens is 210 g/mol. The number of hydrogen-bond acceptors (Lipinski definition) is 2. The quantitative estimate of drug-likeness (QED) is 0.718. The van der Waals surface area contributed by atoms with Crippen LogP contribution in [0, 0.1) is 5.92 Å². The lowest BCUT2D eigenvalue weighted by Crippen LogP contribution is -2.52. The molecule has 0 aromatic heterocycles. The zero-order valence-corrected chi connectivity index (χ0v) is 11.8. The van der Waals surface area contributed by atoms with Crippen LogP contribution in [0.3, 0.4) is 0 Å². The molecule has 100 valence electrons. The SMILES string of the molecule is C=C(C)CCC(N)C1(OCC)CCCC(C)C1. The predicted octanol–water partition coefficient (Wildman–Crippen LogP) is 3.66. The lowest BCUT2D eigenvalue weighted by Gasteiger charge is -2.44. The van der Waals surface area contributed by atoms with E-state index in [1.165, 1.54) is 18.4 Å². The van der Waals surface area contributed by atoms with Gasteiger partial charge in [0, 0.05) is 12.6 Å². The Hall–Kier alpha value is -0.340. The average molecular weight is 239 g/mol. The number of rotatable bonds is 6. The van der Waals surface area contributed by atoms with Gasteiger partial charge in [0.05, 0.1) is 5.60 Å². The van der Waals surface area contributed by atoms with E-state index in [0.717, 1.165) is 38.2 Å². The molecule has 0 spiro atoms. The molecule has 0 amide bonds. The molecular formula is C15H29NO. The fourth-order valence-electron chi connectivity index (χ4n) is 3.07. The van der Waals surface area contributed by atoms with Crippen LogP contribution in [0.15, 0.2) is 12.2 Å². The zero-order valence-electron chi connectivity index (χ0n) is 11.8. The van der Waals surface area contributed by atoms with Gasteiger partial charge in [0.15, 0.2) is 0 Å². The maximum atomic E-state index is 6.41. The number of allylic oxidation sites excluding steroid dienone is 1. The fraction of sp³-hybridized carbons (Fsp3) is 0.867. The molecule has 2 N–H and O–H groups in total. The Bertz CT molecular complexity index is 247. The molecule has 3 unspecified atom stereocenters. The van der Waals surface area contributed by atoms with E-state index in [4.69, 9.17) is 10.5 Å². The van der Waals surface area contributed by atoms with Gasteiger partial charge < -0.3 is 10.5 Å². The van der Waals surface area contributed by atoms with Gasteiger partial charge >= 0.3 is 0 Å². The average Bonchev–Trinajstić information content (AvgIpc) is 2.26. The molecule has 0 aromatic carbocycles. The van der Waals surface area contributed by atoms with Gasteiger partial charge in [-0.2, -0.15) is 0 Å². The summed E-state index contributed by atoms with van der Waals surface area (Å²) in [5.41, 5.74) is 7.56. The van der Waals surface area contributed by atoms with Crippen molar-refractivity contribution in [3.63, 3.8) is 0 Å². The van der Waals surface area contributed by atoms with Crippen LogP contribution in [0.1, 0.15) is 59.3 Å². The Labute approximate surface area is 107 Å². The van der Waals surface area contributed by atoms with Gasteiger partial charge in [-0.1, -0.05) is 25.3 Å². The Kier molecular flexibility index (Phi) is 5.68. The second-order valence-electron chi connectivity index (χ2n) is 5.80. The van der Waals surface area contributed by atoms with E-state index in [2.05, 4.69) is 27.4 Å². The van der Waals surface area contributed by atoms with Crippen LogP contribution in [0.25, 0.3) is 0 Å². The first kappa shape index (κ1) is 14.7. The maximum absolute atomic E-state index is 6.41. The van der Waals surface area contributed by atoms with Crippen molar-refractivity contribution in [3.05, 3.63) is 12.2 Å². The molecule has 1 rings (SSSR count). The molecule has 0 aliphatic heterocycles. The van der Waals surface area contributed by atoms with Gasteiger partial charge in [0.25, 0.3) is 0 Å². The molecule has 0 heterocycles. The summed E-state index contributed by atoms with van der Waals surface area (Å²) in [5.74, 6) is 0.742. The molecule has 1 aliphatic rings. The Morgan fingerprint density at radius 3 is 2.82 bits per heavy atom. The van der Waals surface area contributed by atoms with Crippen LogP contribution >= 0.6 is 0 Å². The standard InChI is InChI=1S/C15H29NO/c1-5-17-15(10-6-7-13(4)11-15)14(16)9-8-12(2)3/h13-14H,2,5-11,16H2,1,3-4H3. The first-order chi connectivity index (χ1) is 8.00. The molecule has 1 fully saturated rings. The van der Waals surface area contributed by atoms with Crippen LogP contribution in [0.2, 0.25) is 0 Å². The third kappa shape index (κ3) is 4.11. The van der Waals surface area contributed by atoms with Gasteiger partial charge in [-0.05, 0) is 45.4 Å². The highest BCUT2D eigenvalue weighted by Crippen LogP contribution is 2.38. The van der Waals surface area contributed by atoms with E-state index in [1.807, 2.05) is 0 Å². The van der Waals surface area contributed by atoms with Crippen LogP contribution < -0.4 is 5.73 Å². The molecule has 0 saturated heterocycles. The van der Waals surface area contributed by atoms with Crippen molar-refractivity contribution in [2.45, 2.75) is 70.9 Å². The van der Waals surface area contributed by atoms with Gasteiger partial charge in [-0.15, -0.1) is 6.58 Å². The summed E-state index contributed by atoms with van der Waals surface area (Å²) in [4.78, 5) is 0. The van der Waals surface area contributed by atoms with Gasteiger partial charge in [0.1, 0.15) is 0 Å². The van der Waals surface area contributed by atoms with E-state index in [-0.39, 0.29) is 11.6 Å². The van der Waals surface area contributed by atoms with Crippen LogP contribution in [0.4, 0.5) is 0 Å². The van der Waals surface area contributed by atoms with Gasteiger partial charge in [-0.25, -0.2) is 0 Å². The molecule has 3 atom stereocenters. The van der Waals surface area contributed by atoms with Crippen molar-refractivity contribution in [3.8, 4) is 0 Å². The molecule has 0 bridgehead atoms. The van der Waals surface area contributed by atoms with Crippen LogP contribution in [0.5, 0.6) is 0 Å². The summed E-state index contributed by atoms with van der Waals surface area (Å²) in [6, 6.07) is 0.155. The largest absolute Gasteiger partial charge is 0.374 e. The molecule has 1 saturated carbocycles. The van der Waals surface area contributed by atoms with Crippen molar-refractivity contribution in [1.29, 1.82) is 0 Å². The van der Waals surface area contributed by atoms with E-state index < -0.39 is 0 Å². The van der Waals surface area contributed by atoms with Crippen LogP contribution in [-0.4, -0.2) is 18.2 Å². The maximum Gasteiger partial charge on any atom is 0.0835 e. The van der Waals surface area contributed by atoms with Crippen molar-refractivity contribution < 1.29 is 4.74 Å². The third-order valence-corrected chi connectivity index (χ3v) is 3.98. The van der Waals surface area contributed by atoms with Gasteiger partial charge in [-0.3, -0.25) is 0 Å². The summed E-state index contributed by atoms with van der Waals surface area (Å²) in [6.45, 7) is 11.2. The van der Waals surface area contributed by atoms with Crippen molar-refractivity contribution in [1.82, 2.24) is 0 Å². The fourth-order valence-corrected chi connectivity index (χ4v) is 3.07. The highest BCUT2D eigenvalue weighted by Gasteiger charge is 2.40. The van der Waals surface area contributed by atoms with E-state index in [9.17, 15) is 0 Å². The number of nitrogens with two attached hydrogens (primary N) is 1. The highest BCUT2D eigenvalue weighted by molar-refractivity contribution is 4.98. The molecule has 1 aliphatic carbocycles. The normalized spacial score (nSPS) is 31.2. The molecule has 2 heteroatoms. The molecule has 17 heavy (non-hydrogen) atoms. The number of hydrogen-bond donors (Lipinski definition) is 1. The third-order valence-electron chi connectivity index (χ3n) is 3.98. The Balaban J connectivity index is 2.64. The summed E-state index contributed by atoms with van der Waals surface area (Å²) in [5, 5.41) is 0. The smallest absolute Gasteiger partial charge is 0.0835 e. The minimum absolute atomic E-state index is 0.0676. The molecule has 2 nitrogen and oxygen atoms in total. The first-order valence-electron chi connectivity index (χ1n) is 7.04. The summed E-state index contributed by atoms with van der Waals surface area (Å²) < 4.78 is 6.08. The summed E-state index contributed by atoms with van der Waals surface area (Å²) in [7, 11) is 0. The Morgan fingerprint density at radius 2 is 2.29 bits per heavy atom. The second-order valence-corrected chi connectivity index (χ2v) is 5.80. The Morgan fingerprint density at radius 1 is 1.59 bits per heavy atom. The van der Waals surface area contributed by atoms with Crippen LogP contribution in [-0.2, 0) is 4.74 Å². The minimum Gasteiger partial charge on any atom is -0.374 e.